The Labute approximate surface area is 548 Å². The SMILES string of the molecule is Cc1cccc2[nH]c(-c3nc(-c4ccc(C(=O)N5CCCNCC5)cc4)cnc3N)nc12.Cc1cccc2[nH]c(-c3nc(-c4ccc(C(=O)N5CC[C@@H](C(C)C)C5)cc4)cnc3N)nc12.Nc1ncc(-c2ccc(C(=O)N3CCNCC3)cc2)nc1-c1nc2ccccc2[nH]1. The van der Waals surface area contributed by atoms with Crippen molar-refractivity contribution in [2.24, 2.45) is 11.8 Å². The van der Waals surface area contributed by atoms with Crippen molar-refractivity contribution in [1.29, 1.82) is 0 Å². The van der Waals surface area contributed by atoms with E-state index in [1.807, 2.05) is 162 Å². The lowest BCUT2D eigenvalue weighted by Gasteiger charge is -2.27. The minimum Gasteiger partial charge on any atom is -0.382 e. The molecule has 23 heteroatoms. The Balaban J connectivity index is 0.000000129. The van der Waals surface area contributed by atoms with Crippen molar-refractivity contribution < 1.29 is 14.4 Å². The molecule has 12 aromatic rings. The fourth-order valence-electron chi connectivity index (χ4n) is 12.1. The van der Waals surface area contributed by atoms with Gasteiger partial charge in [0.2, 0.25) is 0 Å². The van der Waals surface area contributed by atoms with E-state index in [4.69, 9.17) is 27.2 Å². The van der Waals surface area contributed by atoms with Gasteiger partial charge in [-0.1, -0.05) is 86.6 Å². The molecule has 1 atom stereocenters. The van der Waals surface area contributed by atoms with E-state index in [1.54, 1.807) is 18.6 Å². The van der Waals surface area contributed by atoms with Crippen LogP contribution in [0.25, 0.3) is 101 Å². The van der Waals surface area contributed by atoms with Crippen LogP contribution in [0.5, 0.6) is 0 Å². The van der Waals surface area contributed by atoms with Crippen molar-refractivity contribution >= 4 is 68.3 Å². The number of likely N-dealkylation sites (tertiary alicyclic amines) is 1. The Kier molecular flexibility index (Phi) is 18.1. The highest BCUT2D eigenvalue weighted by Crippen LogP contribution is 2.32. The summed E-state index contributed by atoms with van der Waals surface area (Å²) in [6, 6.07) is 42.2. The normalized spacial score (nSPS) is 15.0. The van der Waals surface area contributed by atoms with E-state index < -0.39 is 0 Å². The van der Waals surface area contributed by atoms with Crippen LogP contribution in [0.4, 0.5) is 17.5 Å². The van der Waals surface area contributed by atoms with E-state index in [2.05, 4.69) is 74.3 Å². The van der Waals surface area contributed by atoms with Crippen molar-refractivity contribution in [2.75, 3.05) is 82.6 Å². The molecule has 480 valence electrons. The van der Waals surface area contributed by atoms with Gasteiger partial charge in [-0.15, -0.1) is 0 Å². The number of hydrogen-bond donors (Lipinski definition) is 8. The number of nitrogens with two attached hydrogens (primary N) is 3. The maximum absolute atomic E-state index is 12.9. The number of piperazine rings is 1. The van der Waals surface area contributed by atoms with Gasteiger partial charge in [0, 0.05) is 92.3 Å². The van der Waals surface area contributed by atoms with Crippen LogP contribution >= 0.6 is 0 Å². The largest absolute Gasteiger partial charge is 0.382 e. The molecule has 0 spiro atoms. The third kappa shape index (κ3) is 13.6. The first-order chi connectivity index (χ1) is 46.2. The lowest BCUT2D eigenvalue weighted by molar-refractivity contribution is 0.0733. The zero-order valence-electron chi connectivity index (χ0n) is 53.4. The van der Waals surface area contributed by atoms with Crippen LogP contribution in [0.1, 0.15) is 68.9 Å². The molecular formula is C72H74N20O3. The Morgan fingerprint density at radius 2 is 0.842 bits per heavy atom. The summed E-state index contributed by atoms with van der Waals surface area (Å²) in [5.74, 6) is 4.06. The van der Waals surface area contributed by atoms with Crippen molar-refractivity contribution in [1.82, 2.24) is 85.1 Å². The summed E-state index contributed by atoms with van der Waals surface area (Å²) in [6.45, 7) is 16.5. The number of nitrogens with zero attached hydrogens (tertiary/aromatic N) is 12. The summed E-state index contributed by atoms with van der Waals surface area (Å²) in [5, 5.41) is 6.58. The molecule has 95 heavy (non-hydrogen) atoms. The standard InChI is InChI=1S/C26H28N6O.C24H25N7O.C22H21N7O/c1-15(2)19-11-12-32(14-19)26(33)18-9-7-17(8-10-18)21-13-28-24(27)23(29-21)25-30-20-6-4-5-16(3)22(20)31-25;1-15-4-2-5-18-20(15)30-23(29-18)21-22(25)27-14-19(28-21)16-6-8-17(9-7-16)24(32)31-12-3-10-26-11-13-31;23-20-19(21-27-16-3-1-2-4-17(16)28-21)26-18(13-25-20)14-5-7-15(8-6-14)22(30)29-11-9-24-10-12-29/h4-10,13,15,19H,11-12,14H2,1-3H3,(H2,27,28)(H,30,31);2,4-9,14,26H,3,10-13H2,1H3,(H2,25,27)(H,29,30);1-8,13,24H,9-12H2,(H2,23,25)(H,27,28)/t19-;;/m1../s1. The molecule has 15 rings (SSSR count). The number of rotatable bonds is 10. The Bertz CT molecular complexity index is 4730. The number of nitrogen functional groups attached to an aromatic ring is 3. The second-order valence-electron chi connectivity index (χ2n) is 24.4. The summed E-state index contributed by atoms with van der Waals surface area (Å²) >= 11 is 0. The van der Waals surface area contributed by atoms with E-state index in [-0.39, 0.29) is 17.7 Å². The lowest BCUT2D eigenvalue weighted by atomic mass is 9.95. The first-order valence-corrected chi connectivity index (χ1v) is 32.0. The molecule has 23 nitrogen and oxygen atoms in total. The van der Waals surface area contributed by atoms with Gasteiger partial charge in [-0.2, -0.15) is 0 Å². The van der Waals surface area contributed by atoms with Crippen LogP contribution < -0.4 is 27.8 Å². The summed E-state index contributed by atoms with van der Waals surface area (Å²) in [6.07, 6.45) is 6.97. The average molecular weight is 1270 g/mol. The van der Waals surface area contributed by atoms with Crippen LogP contribution in [-0.4, -0.2) is 158 Å². The predicted molar refractivity (Wildman–Crippen MR) is 371 cm³/mol. The summed E-state index contributed by atoms with van der Waals surface area (Å²) in [7, 11) is 0. The molecule has 3 fully saturated rings. The number of carbonyl (C=O) groups is 3. The molecule has 0 unspecified atom stereocenters. The van der Waals surface area contributed by atoms with Crippen LogP contribution in [0, 0.1) is 25.7 Å². The van der Waals surface area contributed by atoms with E-state index in [0.717, 1.165) is 139 Å². The number of imidazole rings is 3. The molecule has 11 N–H and O–H groups in total. The maximum atomic E-state index is 12.9. The number of para-hydroxylation sites is 4. The van der Waals surface area contributed by atoms with Gasteiger partial charge in [-0.25, -0.2) is 44.9 Å². The summed E-state index contributed by atoms with van der Waals surface area (Å²) < 4.78 is 0. The number of anilines is 3. The Morgan fingerprint density at radius 3 is 1.27 bits per heavy atom. The molecule has 6 aromatic carbocycles. The number of hydrogen-bond acceptors (Lipinski definition) is 17. The van der Waals surface area contributed by atoms with Crippen molar-refractivity contribution in [3.8, 4) is 68.3 Å². The zero-order valence-corrected chi connectivity index (χ0v) is 53.4. The van der Waals surface area contributed by atoms with E-state index in [0.29, 0.717) is 97.6 Å². The van der Waals surface area contributed by atoms with Gasteiger partial charge in [0.25, 0.3) is 17.7 Å². The number of nitrogens with one attached hydrogen (secondary N) is 5. The minimum absolute atomic E-state index is 0.0504. The number of H-pyrrole nitrogens is 3. The Morgan fingerprint density at radius 1 is 0.442 bits per heavy atom. The van der Waals surface area contributed by atoms with Gasteiger partial charge >= 0.3 is 0 Å². The van der Waals surface area contributed by atoms with Crippen molar-refractivity contribution in [2.45, 2.75) is 40.5 Å². The zero-order chi connectivity index (χ0) is 65.7. The molecule has 0 radical (unpaired) electrons. The third-order valence-electron chi connectivity index (χ3n) is 17.7. The fourth-order valence-corrected chi connectivity index (χ4v) is 12.1. The molecule has 3 aliphatic heterocycles. The van der Waals surface area contributed by atoms with Gasteiger partial charge < -0.3 is 57.5 Å². The first-order valence-electron chi connectivity index (χ1n) is 32.0. The quantitative estimate of drug-likeness (QED) is 0.0631. The number of aromatic amines is 3. The van der Waals surface area contributed by atoms with Gasteiger partial charge in [0.05, 0.1) is 68.8 Å². The summed E-state index contributed by atoms with van der Waals surface area (Å²) in [5.41, 5.74) is 34.1. The van der Waals surface area contributed by atoms with Gasteiger partial charge in [0.15, 0.2) is 34.9 Å². The second-order valence-corrected chi connectivity index (χ2v) is 24.4. The van der Waals surface area contributed by atoms with Crippen LogP contribution in [0.3, 0.4) is 0 Å². The third-order valence-corrected chi connectivity index (χ3v) is 17.7. The molecule has 3 amide bonds. The monoisotopic (exact) mass is 1270 g/mol. The lowest BCUT2D eigenvalue weighted by Crippen LogP contribution is -2.46. The molecular weight excluding hydrogens is 1190 g/mol. The highest BCUT2D eigenvalue weighted by atomic mass is 16.2. The van der Waals surface area contributed by atoms with E-state index in [9.17, 15) is 14.4 Å². The number of aryl methyl sites for hydroxylation is 2. The highest BCUT2D eigenvalue weighted by molar-refractivity contribution is 5.96. The number of fused-ring (bicyclic) bond motifs is 3. The van der Waals surface area contributed by atoms with Gasteiger partial charge in [0.1, 0.15) is 17.1 Å². The van der Waals surface area contributed by atoms with Crippen LogP contribution in [0.2, 0.25) is 0 Å². The van der Waals surface area contributed by atoms with Crippen molar-refractivity contribution in [3.63, 3.8) is 0 Å². The molecule has 9 heterocycles. The van der Waals surface area contributed by atoms with E-state index in [1.165, 1.54) is 0 Å². The van der Waals surface area contributed by atoms with Crippen molar-refractivity contribution in [3.05, 3.63) is 180 Å². The maximum Gasteiger partial charge on any atom is 0.253 e. The van der Waals surface area contributed by atoms with Crippen LogP contribution in [-0.2, 0) is 0 Å². The molecule has 0 bridgehead atoms. The first kappa shape index (κ1) is 62.5. The number of amides is 3. The molecule has 3 aliphatic rings. The average Bonchev–Trinajstić information content (AvgIpc) is 1.75. The number of aromatic nitrogens is 12. The number of benzene rings is 6. The molecule has 3 saturated heterocycles. The topological polar surface area (TPSA) is 326 Å². The minimum atomic E-state index is 0.0504. The number of carbonyl (C=O) groups excluding carboxylic acids is 3. The second kappa shape index (κ2) is 27.5. The highest BCUT2D eigenvalue weighted by Gasteiger charge is 2.29. The fraction of sp³-hybridized carbons (Fsp3) is 0.250. The van der Waals surface area contributed by atoms with E-state index >= 15 is 0 Å². The smallest absolute Gasteiger partial charge is 0.253 e. The van der Waals surface area contributed by atoms with Crippen LogP contribution in [0.15, 0.2) is 152 Å². The Hall–Kier alpha value is -11.3. The summed E-state index contributed by atoms with van der Waals surface area (Å²) in [4.78, 5) is 95.1. The van der Waals surface area contributed by atoms with Gasteiger partial charge in [-0.3, -0.25) is 14.4 Å². The predicted octanol–water partition coefficient (Wildman–Crippen LogP) is 10.0. The molecule has 0 aliphatic carbocycles. The molecule has 6 aromatic heterocycles. The van der Waals surface area contributed by atoms with Gasteiger partial charge in [-0.05, 0) is 117 Å². The molecule has 0 saturated carbocycles.